The van der Waals surface area contributed by atoms with Crippen LogP contribution in [-0.2, 0) is 4.79 Å². The molecule has 2 aromatic carbocycles. The molecule has 0 atom stereocenters. The van der Waals surface area contributed by atoms with Gasteiger partial charge in [-0.2, -0.15) is 5.26 Å². The number of ether oxygens (including phenoxy) is 2. The Bertz CT molecular complexity index is 872. The molecule has 5 nitrogen and oxygen atoms in total. The molecule has 0 radical (unpaired) electrons. The minimum absolute atomic E-state index is 0.0542. The van der Waals surface area contributed by atoms with Crippen LogP contribution in [0.25, 0.3) is 6.08 Å². The Labute approximate surface area is 161 Å². The van der Waals surface area contributed by atoms with Gasteiger partial charge in [-0.3, -0.25) is 4.79 Å². The summed E-state index contributed by atoms with van der Waals surface area (Å²) in [4.78, 5) is 14.0. The Morgan fingerprint density at radius 1 is 1.27 bits per heavy atom. The van der Waals surface area contributed by atoms with E-state index in [0.717, 1.165) is 21.3 Å². The number of anilines is 1. The maximum absolute atomic E-state index is 12.5. The maximum atomic E-state index is 12.5. The lowest BCUT2D eigenvalue weighted by Crippen LogP contribution is -2.24. The fourth-order valence-electron chi connectivity index (χ4n) is 2.41. The van der Waals surface area contributed by atoms with Crippen molar-refractivity contribution >= 4 is 33.6 Å². The van der Waals surface area contributed by atoms with E-state index in [1.54, 1.807) is 36.2 Å². The molecule has 0 heterocycles. The summed E-state index contributed by atoms with van der Waals surface area (Å²) in [5.74, 6) is 0.853. The first-order valence-electron chi connectivity index (χ1n) is 7.86. The second kappa shape index (κ2) is 9.07. The third-order valence-electron chi connectivity index (χ3n) is 3.75. The fraction of sp³-hybridized carbons (Fsp3) is 0.200. The zero-order valence-corrected chi connectivity index (χ0v) is 16.4. The van der Waals surface area contributed by atoms with Gasteiger partial charge < -0.3 is 14.4 Å². The molecular weight excluding hydrogens is 396 g/mol. The number of aryl methyl sites for hydroxylation is 1. The van der Waals surface area contributed by atoms with Gasteiger partial charge in [0.15, 0.2) is 18.1 Å². The first-order chi connectivity index (χ1) is 12.5. The molecule has 0 N–H and O–H groups in total. The number of nitriles is 1. The lowest BCUT2D eigenvalue weighted by Gasteiger charge is -2.18. The van der Waals surface area contributed by atoms with Gasteiger partial charge in [0.25, 0.3) is 5.91 Å². The van der Waals surface area contributed by atoms with Crippen molar-refractivity contribution in [3.8, 4) is 17.6 Å². The summed E-state index contributed by atoms with van der Waals surface area (Å²) in [5, 5.41) is 8.60. The molecule has 0 aromatic heterocycles. The fourth-order valence-corrected chi connectivity index (χ4v) is 2.89. The van der Waals surface area contributed by atoms with Crippen molar-refractivity contribution in [1.29, 1.82) is 5.26 Å². The van der Waals surface area contributed by atoms with E-state index in [2.05, 4.69) is 15.9 Å². The van der Waals surface area contributed by atoms with Crippen molar-refractivity contribution < 1.29 is 14.3 Å². The number of carbonyl (C=O) groups excluding carboxylic acids is 1. The zero-order chi connectivity index (χ0) is 19.1. The average molecular weight is 415 g/mol. The Morgan fingerprint density at radius 2 is 2.04 bits per heavy atom. The van der Waals surface area contributed by atoms with E-state index >= 15 is 0 Å². The minimum Gasteiger partial charge on any atom is -0.493 e. The molecule has 0 spiro atoms. The van der Waals surface area contributed by atoms with Gasteiger partial charge in [0.1, 0.15) is 6.07 Å². The standard InChI is InChI=1S/C20H19BrN2O3/c1-14-12-16(21)6-7-17(14)23(2)20(24)9-5-15-4-8-18(26-11-10-22)19(13-15)25-3/h4-9,12-13H,11H2,1-3H3. The largest absolute Gasteiger partial charge is 0.493 e. The van der Waals surface area contributed by atoms with Crippen LogP contribution in [0.5, 0.6) is 11.5 Å². The van der Waals surface area contributed by atoms with E-state index in [1.165, 1.54) is 13.2 Å². The highest BCUT2D eigenvalue weighted by molar-refractivity contribution is 9.10. The van der Waals surface area contributed by atoms with Gasteiger partial charge in [-0.1, -0.05) is 22.0 Å². The number of rotatable bonds is 6. The van der Waals surface area contributed by atoms with Gasteiger partial charge in [-0.05, 0) is 54.5 Å². The highest BCUT2D eigenvalue weighted by Gasteiger charge is 2.11. The monoisotopic (exact) mass is 414 g/mol. The van der Waals surface area contributed by atoms with Crippen LogP contribution >= 0.6 is 15.9 Å². The molecule has 2 rings (SSSR count). The molecule has 1 amide bonds. The number of carbonyl (C=O) groups is 1. The van der Waals surface area contributed by atoms with Crippen molar-refractivity contribution in [1.82, 2.24) is 0 Å². The molecule has 0 saturated heterocycles. The molecule has 0 aliphatic rings. The van der Waals surface area contributed by atoms with Gasteiger partial charge in [0, 0.05) is 23.3 Å². The van der Waals surface area contributed by atoms with E-state index in [0.29, 0.717) is 11.5 Å². The number of halogens is 1. The van der Waals surface area contributed by atoms with Crippen molar-refractivity contribution in [3.05, 3.63) is 58.1 Å². The molecule has 0 saturated carbocycles. The summed E-state index contributed by atoms with van der Waals surface area (Å²) in [6, 6.07) is 12.9. The first-order valence-corrected chi connectivity index (χ1v) is 8.65. The molecule has 0 unspecified atom stereocenters. The Balaban J connectivity index is 2.15. The number of methoxy groups -OCH3 is 1. The second-order valence-corrected chi connectivity index (χ2v) is 6.43. The van der Waals surface area contributed by atoms with Crippen LogP contribution in [0.3, 0.4) is 0 Å². The SMILES string of the molecule is COc1cc(C=CC(=O)N(C)c2ccc(Br)cc2C)ccc1OCC#N. The van der Waals surface area contributed by atoms with Crippen molar-refractivity contribution in [2.75, 3.05) is 25.7 Å². The highest BCUT2D eigenvalue weighted by Crippen LogP contribution is 2.28. The van der Waals surface area contributed by atoms with Gasteiger partial charge in [-0.15, -0.1) is 0 Å². The summed E-state index contributed by atoms with van der Waals surface area (Å²) in [5.41, 5.74) is 2.64. The van der Waals surface area contributed by atoms with Crippen LogP contribution in [0.4, 0.5) is 5.69 Å². The normalized spacial score (nSPS) is 10.4. The van der Waals surface area contributed by atoms with Crippen LogP contribution in [-0.4, -0.2) is 26.7 Å². The van der Waals surface area contributed by atoms with Crippen LogP contribution < -0.4 is 14.4 Å². The van der Waals surface area contributed by atoms with Crippen LogP contribution in [0.15, 0.2) is 46.9 Å². The molecule has 2 aromatic rings. The topological polar surface area (TPSA) is 62.6 Å². The summed E-state index contributed by atoms with van der Waals surface area (Å²) >= 11 is 3.42. The van der Waals surface area contributed by atoms with Crippen molar-refractivity contribution in [2.45, 2.75) is 6.92 Å². The third-order valence-corrected chi connectivity index (χ3v) is 4.24. The van der Waals surface area contributed by atoms with Gasteiger partial charge in [0.05, 0.1) is 7.11 Å². The van der Waals surface area contributed by atoms with Crippen LogP contribution in [0.1, 0.15) is 11.1 Å². The zero-order valence-electron chi connectivity index (χ0n) is 14.8. The summed E-state index contributed by atoms with van der Waals surface area (Å²) in [6.07, 6.45) is 3.22. The first kappa shape index (κ1) is 19.5. The van der Waals surface area contributed by atoms with Crippen LogP contribution in [0, 0.1) is 18.3 Å². The van der Waals surface area contributed by atoms with Crippen molar-refractivity contribution in [2.24, 2.45) is 0 Å². The molecule has 26 heavy (non-hydrogen) atoms. The molecule has 134 valence electrons. The lowest BCUT2D eigenvalue weighted by atomic mass is 10.1. The average Bonchev–Trinajstić information content (AvgIpc) is 2.64. The predicted molar refractivity (Wildman–Crippen MR) is 105 cm³/mol. The number of amides is 1. The summed E-state index contributed by atoms with van der Waals surface area (Å²) in [6.45, 7) is 1.90. The van der Waals surface area contributed by atoms with Gasteiger partial charge >= 0.3 is 0 Å². The molecular formula is C20H19BrN2O3. The molecule has 6 heteroatoms. The number of hydrogen-bond acceptors (Lipinski definition) is 4. The van der Waals surface area contributed by atoms with E-state index < -0.39 is 0 Å². The van der Waals surface area contributed by atoms with Gasteiger partial charge in [-0.25, -0.2) is 0 Å². The van der Waals surface area contributed by atoms with E-state index in [9.17, 15) is 4.79 Å². The third kappa shape index (κ3) is 4.87. The Morgan fingerprint density at radius 3 is 2.69 bits per heavy atom. The quantitative estimate of drug-likeness (QED) is 0.659. The van der Waals surface area contributed by atoms with Crippen molar-refractivity contribution in [3.63, 3.8) is 0 Å². The van der Waals surface area contributed by atoms with E-state index in [1.807, 2.05) is 31.2 Å². The summed E-state index contributed by atoms with van der Waals surface area (Å²) < 4.78 is 11.5. The number of nitrogens with zero attached hydrogens (tertiary/aromatic N) is 2. The molecule has 0 aliphatic heterocycles. The minimum atomic E-state index is -0.140. The Kier molecular flexibility index (Phi) is 6.81. The molecule has 0 aliphatic carbocycles. The predicted octanol–water partition coefficient (Wildman–Crippen LogP) is 4.34. The maximum Gasteiger partial charge on any atom is 0.250 e. The van der Waals surface area contributed by atoms with Gasteiger partial charge in [0.2, 0.25) is 0 Å². The molecule has 0 fully saturated rings. The Hall–Kier alpha value is -2.78. The number of likely N-dealkylation sites (N-methyl/N-ethyl adjacent to an activating group) is 1. The number of benzene rings is 2. The molecule has 0 bridgehead atoms. The summed E-state index contributed by atoms with van der Waals surface area (Å²) in [7, 11) is 3.26. The second-order valence-electron chi connectivity index (χ2n) is 5.52. The van der Waals surface area contributed by atoms with E-state index in [-0.39, 0.29) is 12.5 Å². The number of hydrogen-bond donors (Lipinski definition) is 0. The lowest BCUT2D eigenvalue weighted by molar-refractivity contribution is -0.113. The van der Waals surface area contributed by atoms with E-state index in [4.69, 9.17) is 14.7 Å². The highest BCUT2D eigenvalue weighted by atomic mass is 79.9. The van der Waals surface area contributed by atoms with Crippen LogP contribution in [0.2, 0.25) is 0 Å². The smallest absolute Gasteiger partial charge is 0.250 e.